The first kappa shape index (κ1) is 15.7. The molecule has 3 aromatic rings. The van der Waals surface area contributed by atoms with Crippen LogP contribution in [0.25, 0.3) is 0 Å². The molecular weight excluding hydrogens is 304 g/mol. The number of esters is 1. The standard InChI is InChI=1S/C19H16N2O3/c1-23-17-12-7-11-16(21-17)19(22)24-18(14-8-3-2-4-9-14)15-10-5-6-13-20-15/h2-13,18H,1H3. The Morgan fingerprint density at radius 3 is 2.46 bits per heavy atom. The van der Waals surface area contributed by atoms with Gasteiger partial charge in [0.15, 0.2) is 11.8 Å². The number of methoxy groups -OCH3 is 1. The van der Waals surface area contributed by atoms with Crippen molar-refractivity contribution >= 4 is 5.97 Å². The summed E-state index contributed by atoms with van der Waals surface area (Å²) in [6, 6.07) is 19.9. The molecule has 0 radical (unpaired) electrons. The number of benzene rings is 1. The first-order valence-electron chi connectivity index (χ1n) is 7.46. The molecule has 1 atom stereocenters. The fourth-order valence-electron chi connectivity index (χ4n) is 2.27. The first-order valence-corrected chi connectivity index (χ1v) is 7.46. The number of pyridine rings is 2. The number of ether oxygens (including phenoxy) is 2. The lowest BCUT2D eigenvalue weighted by molar-refractivity contribution is 0.0362. The number of rotatable bonds is 5. The Labute approximate surface area is 139 Å². The Bertz CT molecular complexity index is 768. The number of nitrogens with zero attached hydrogens (tertiary/aromatic N) is 2. The van der Waals surface area contributed by atoms with E-state index in [1.807, 2.05) is 48.5 Å². The van der Waals surface area contributed by atoms with Crippen LogP contribution < -0.4 is 4.74 Å². The summed E-state index contributed by atoms with van der Waals surface area (Å²) in [5, 5.41) is 0. The smallest absolute Gasteiger partial charge is 0.358 e. The van der Waals surface area contributed by atoms with Gasteiger partial charge in [-0.3, -0.25) is 4.98 Å². The number of aromatic nitrogens is 2. The molecular formula is C19H16N2O3. The van der Waals surface area contributed by atoms with Gasteiger partial charge in [-0.1, -0.05) is 42.5 Å². The molecule has 24 heavy (non-hydrogen) atoms. The van der Waals surface area contributed by atoms with Crippen molar-refractivity contribution in [3.63, 3.8) is 0 Å². The van der Waals surface area contributed by atoms with Gasteiger partial charge in [0.1, 0.15) is 0 Å². The Morgan fingerprint density at radius 2 is 1.75 bits per heavy atom. The van der Waals surface area contributed by atoms with E-state index in [9.17, 15) is 4.79 Å². The predicted molar refractivity (Wildman–Crippen MR) is 88.7 cm³/mol. The molecule has 0 aliphatic carbocycles. The third-order valence-corrected chi connectivity index (χ3v) is 3.43. The molecule has 5 heteroatoms. The molecule has 0 saturated heterocycles. The highest BCUT2D eigenvalue weighted by Gasteiger charge is 2.22. The van der Waals surface area contributed by atoms with Gasteiger partial charge < -0.3 is 9.47 Å². The Kier molecular flexibility index (Phi) is 4.81. The van der Waals surface area contributed by atoms with E-state index >= 15 is 0 Å². The molecule has 0 bridgehead atoms. The van der Waals surface area contributed by atoms with Crippen LogP contribution in [-0.2, 0) is 4.74 Å². The molecule has 0 fully saturated rings. The lowest BCUT2D eigenvalue weighted by Crippen LogP contribution is -2.15. The van der Waals surface area contributed by atoms with Gasteiger partial charge in [0.05, 0.1) is 12.8 Å². The Balaban J connectivity index is 1.91. The van der Waals surface area contributed by atoms with Gasteiger partial charge in [0, 0.05) is 12.3 Å². The van der Waals surface area contributed by atoms with Crippen molar-refractivity contribution in [1.82, 2.24) is 9.97 Å². The van der Waals surface area contributed by atoms with E-state index in [2.05, 4.69) is 9.97 Å². The molecule has 0 N–H and O–H groups in total. The quantitative estimate of drug-likeness (QED) is 0.674. The minimum Gasteiger partial charge on any atom is -0.481 e. The zero-order valence-electron chi connectivity index (χ0n) is 13.1. The third-order valence-electron chi connectivity index (χ3n) is 3.43. The summed E-state index contributed by atoms with van der Waals surface area (Å²) in [5.41, 5.74) is 1.68. The van der Waals surface area contributed by atoms with Gasteiger partial charge in [-0.05, 0) is 23.8 Å². The van der Waals surface area contributed by atoms with Gasteiger partial charge in [-0.25, -0.2) is 9.78 Å². The van der Waals surface area contributed by atoms with Crippen LogP contribution in [0.4, 0.5) is 0 Å². The van der Waals surface area contributed by atoms with Crippen LogP contribution in [0.5, 0.6) is 5.88 Å². The molecule has 1 aromatic carbocycles. The van der Waals surface area contributed by atoms with Crippen LogP contribution in [0.2, 0.25) is 0 Å². The zero-order valence-corrected chi connectivity index (χ0v) is 13.1. The minimum atomic E-state index is -0.604. The highest BCUT2D eigenvalue weighted by molar-refractivity contribution is 5.87. The number of hydrogen-bond donors (Lipinski definition) is 0. The van der Waals surface area contributed by atoms with Crippen LogP contribution in [0.15, 0.2) is 72.9 Å². The maximum atomic E-state index is 12.5. The van der Waals surface area contributed by atoms with Gasteiger partial charge in [-0.15, -0.1) is 0 Å². The zero-order chi connectivity index (χ0) is 16.8. The van der Waals surface area contributed by atoms with Crippen molar-refractivity contribution in [1.29, 1.82) is 0 Å². The van der Waals surface area contributed by atoms with E-state index in [4.69, 9.17) is 9.47 Å². The normalized spacial score (nSPS) is 11.5. The summed E-state index contributed by atoms with van der Waals surface area (Å²) in [6.45, 7) is 0. The second kappa shape index (κ2) is 7.37. The van der Waals surface area contributed by atoms with Crippen molar-refractivity contribution in [3.05, 3.63) is 89.9 Å². The Morgan fingerprint density at radius 1 is 0.958 bits per heavy atom. The first-order chi connectivity index (χ1) is 11.8. The molecule has 0 aliphatic rings. The average Bonchev–Trinajstić information content (AvgIpc) is 2.67. The number of carbonyl (C=O) groups is 1. The number of hydrogen-bond acceptors (Lipinski definition) is 5. The van der Waals surface area contributed by atoms with Crippen molar-refractivity contribution in [3.8, 4) is 5.88 Å². The largest absolute Gasteiger partial charge is 0.481 e. The summed E-state index contributed by atoms with van der Waals surface area (Å²) in [5.74, 6) is -0.174. The molecule has 2 aromatic heterocycles. The molecule has 2 heterocycles. The highest BCUT2D eigenvalue weighted by atomic mass is 16.5. The summed E-state index contributed by atoms with van der Waals surface area (Å²) in [7, 11) is 1.50. The van der Waals surface area contributed by atoms with Crippen LogP contribution in [0, 0.1) is 0 Å². The molecule has 1 unspecified atom stereocenters. The van der Waals surface area contributed by atoms with E-state index < -0.39 is 12.1 Å². The van der Waals surface area contributed by atoms with Crippen LogP contribution in [-0.4, -0.2) is 23.0 Å². The van der Waals surface area contributed by atoms with Crippen LogP contribution >= 0.6 is 0 Å². The van der Waals surface area contributed by atoms with E-state index in [-0.39, 0.29) is 5.69 Å². The maximum Gasteiger partial charge on any atom is 0.358 e. The van der Waals surface area contributed by atoms with E-state index in [1.165, 1.54) is 7.11 Å². The monoisotopic (exact) mass is 320 g/mol. The van der Waals surface area contributed by atoms with E-state index in [0.717, 1.165) is 5.56 Å². The predicted octanol–water partition coefficient (Wildman–Crippen LogP) is 3.43. The molecule has 0 amide bonds. The minimum absolute atomic E-state index is 0.186. The maximum absolute atomic E-state index is 12.5. The van der Waals surface area contributed by atoms with Gasteiger partial charge >= 0.3 is 5.97 Å². The van der Waals surface area contributed by atoms with Crippen molar-refractivity contribution in [2.45, 2.75) is 6.10 Å². The fourth-order valence-corrected chi connectivity index (χ4v) is 2.27. The Hall–Kier alpha value is -3.21. The average molecular weight is 320 g/mol. The topological polar surface area (TPSA) is 61.3 Å². The lowest BCUT2D eigenvalue weighted by Gasteiger charge is -2.17. The van der Waals surface area contributed by atoms with Gasteiger partial charge in [0.25, 0.3) is 0 Å². The fraction of sp³-hybridized carbons (Fsp3) is 0.105. The molecule has 0 aliphatic heterocycles. The van der Waals surface area contributed by atoms with E-state index in [0.29, 0.717) is 11.6 Å². The summed E-state index contributed by atoms with van der Waals surface area (Å²) in [4.78, 5) is 20.9. The van der Waals surface area contributed by atoms with Crippen molar-refractivity contribution < 1.29 is 14.3 Å². The molecule has 5 nitrogen and oxygen atoms in total. The summed E-state index contributed by atoms with van der Waals surface area (Å²) < 4.78 is 10.7. The summed E-state index contributed by atoms with van der Waals surface area (Å²) in [6.07, 6.45) is 1.07. The van der Waals surface area contributed by atoms with E-state index in [1.54, 1.807) is 24.4 Å². The van der Waals surface area contributed by atoms with Crippen LogP contribution in [0.3, 0.4) is 0 Å². The van der Waals surface area contributed by atoms with Crippen molar-refractivity contribution in [2.75, 3.05) is 7.11 Å². The summed E-state index contributed by atoms with van der Waals surface area (Å²) >= 11 is 0. The second-order valence-corrected chi connectivity index (χ2v) is 5.02. The highest BCUT2D eigenvalue weighted by Crippen LogP contribution is 2.25. The van der Waals surface area contributed by atoms with Gasteiger partial charge in [-0.2, -0.15) is 0 Å². The molecule has 0 saturated carbocycles. The molecule has 3 rings (SSSR count). The second-order valence-electron chi connectivity index (χ2n) is 5.02. The lowest BCUT2D eigenvalue weighted by atomic mass is 10.1. The molecule has 120 valence electrons. The van der Waals surface area contributed by atoms with Gasteiger partial charge in [0.2, 0.25) is 5.88 Å². The van der Waals surface area contributed by atoms with Crippen molar-refractivity contribution in [2.24, 2.45) is 0 Å². The number of carbonyl (C=O) groups excluding carboxylic acids is 1. The SMILES string of the molecule is COc1cccc(C(=O)OC(c2ccccc2)c2ccccn2)n1. The third kappa shape index (κ3) is 3.57. The van der Waals surface area contributed by atoms with Crippen LogP contribution in [0.1, 0.15) is 27.8 Å². The molecule has 0 spiro atoms.